The van der Waals surface area contributed by atoms with Crippen molar-refractivity contribution in [2.24, 2.45) is 0 Å². The Kier molecular flexibility index (Phi) is 4.57. The summed E-state index contributed by atoms with van der Waals surface area (Å²) in [6, 6.07) is 3.34. The van der Waals surface area contributed by atoms with Crippen molar-refractivity contribution in [2.45, 2.75) is 18.7 Å². The molecule has 21 heavy (non-hydrogen) atoms. The van der Waals surface area contributed by atoms with Crippen LogP contribution in [0.15, 0.2) is 17.0 Å². The molecule has 1 aromatic carbocycles. The number of terminal acetylenes is 1. The minimum atomic E-state index is -3.50. The van der Waals surface area contributed by atoms with Gasteiger partial charge in [0.1, 0.15) is 0 Å². The zero-order chi connectivity index (χ0) is 15.6. The van der Waals surface area contributed by atoms with Gasteiger partial charge in [-0.2, -0.15) is 4.31 Å². The molecule has 0 aromatic heterocycles. The highest BCUT2D eigenvalue weighted by Crippen LogP contribution is 2.26. The summed E-state index contributed by atoms with van der Waals surface area (Å²) in [6.45, 7) is 6.47. The van der Waals surface area contributed by atoms with Gasteiger partial charge in [-0.1, -0.05) is 5.92 Å². The van der Waals surface area contributed by atoms with Gasteiger partial charge in [0.2, 0.25) is 10.0 Å². The molecule has 0 spiro atoms. The highest BCUT2D eigenvalue weighted by molar-refractivity contribution is 7.89. The maximum Gasteiger partial charge on any atom is 0.243 e. The van der Waals surface area contributed by atoms with Crippen LogP contribution in [0, 0.1) is 26.2 Å². The topological polar surface area (TPSA) is 66.6 Å². The summed E-state index contributed by atoms with van der Waals surface area (Å²) in [5.41, 5.74) is 7.93. The molecule has 0 saturated carbocycles. The van der Waals surface area contributed by atoms with E-state index in [-0.39, 0.29) is 0 Å². The molecule has 2 N–H and O–H groups in total. The number of nitrogens with zero attached hydrogens (tertiary/aromatic N) is 2. The average Bonchev–Trinajstić information content (AvgIpc) is 2.43. The van der Waals surface area contributed by atoms with E-state index in [9.17, 15) is 8.42 Å². The van der Waals surface area contributed by atoms with Crippen LogP contribution in [0.5, 0.6) is 0 Å². The first-order chi connectivity index (χ1) is 9.86. The maximum atomic E-state index is 12.8. The van der Waals surface area contributed by atoms with E-state index in [4.69, 9.17) is 12.2 Å². The van der Waals surface area contributed by atoms with E-state index >= 15 is 0 Å². The van der Waals surface area contributed by atoms with Crippen LogP contribution in [-0.4, -0.2) is 50.3 Å². The lowest BCUT2D eigenvalue weighted by Crippen LogP contribution is -2.48. The largest absolute Gasteiger partial charge is 0.399 e. The summed E-state index contributed by atoms with van der Waals surface area (Å²) in [4.78, 5) is 2.38. The Hall–Kier alpha value is -1.55. The zero-order valence-corrected chi connectivity index (χ0v) is 13.3. The van der Waals surface area contributed by atoms with Crippen LogP contribution in [-0.2, 0) is 10.0 Å². The minimum Gasteiger partial charge on any atom is -0.399 e. The Morgan fingerprint density at radius 3 is 2.43 bits per heavy atom. The number of aryl methyl sites for hydroxylation is 1. The SMILES string of the molecule is C#CCN1CCN(S(=O)(=O)c2cc(N)cc(C)c2C)CC1. The van der Waals surface area contributed by atoms with Crippen molar-refractivity contribution in [3.05, 3.63) is 23.3 Å². The Morgan fingerprint density at radius 2 is 1.86 bits per heavy atom. The summed E-state index contributed by atoms with van der Waals surface area (Å²) in [5, 5.41) is 0. The average molecular weight is 307 g/mol. The van der Waals surface area contributed by atoms with E-state index in [0.717, 1.165) is 11.1 Å². The van der Waals surface area contributed by atoms with Gasteiger partial charge >= 0.3 is 0 Å². The van der Waals surface area contributed by atoms with E-state index in [1.165, 1.54) is 4.31 Å². The van der Waals surface area contributed by atoms with Crippen molar-refractivity contribution in [3.8, 4) is 12.3 Å². The van der Waals surface area contributed by atoms with Crippen molar-refractivity contribution in [1.29, 1.82) is 0 Å². The van der Waals surface area contributed by atoms with Gasteiger partial charge in [0, 0.05) is 31.9 Å². The normalized spacial score (nSPS) is 17.6. The lowest BCUT2D eigenvalue weighted by atomic mass is 10.1. The lowest BCUT2D eigenvalue weighted by Gasteiger charge is -2.33. The van der Waals surface area contributed by atoms with Gasteiger partial charge in [-0.3, -0.25) is 4.90 Å². The second kappa shape index (κ2) is 6.06. The molecule has 5 nitrogen and oxygen atoms in total. The third-order valence-electron chi connectivity index (χ3n) is 3.91. The highest BCUT2D eigenvalue weighted by Gasteiger charge is 2.29. The standard InChI is InChI=1S/C15H21N3O2S/c1-4-5-17-6-8-18(9-7-17)21(19,20)15-11-14(16)10-12(2)13(15)3/h1,10-11H,5-9,16H2,2-3H3. The molecule has 0 atom stereocenters. The Labute approximate surface area is 126 Å². The van der Waals surface area contributed by atoms with Crippen LogP contribution in [0.3, 0.4) is 0 Å². The first-order valence-electron chi connectivity index (χ1n) is 6.89. The van der Waals surface area contributed by atoms with Crippen molar-refractivity contribution < 1.29 is 8.42 Å². The van der Waals surface area contributed by atoms with Crippen molar-refractivity contribution >= 4 is 15.7 Å². The number of anilines is 1. The first-order valence-corrected chi connectivity index (χ1v) is 8.33. The summed E-state index contributed by atoms with van der Waals surface area (Å²) in [7, 11) is -3.50. The van der Waals surface area contributed by atoms with E-state index in [1.54, 1.807) is 12.1 Å². The predicted octanol–water partition coefficient (Wildman–Crippen LogP) is 0.825. The summed E-state index contributed by atoms with van der Waals surface area (Å²) in [6.07, 6.45) is 5.29. The fourth-order valence-corrected chi connectivity index (χ4v) is 4.27. The molecule has 6 heteroatoms. The molecule has 2 rings (SSSR count). The molecule has 1 fully saturated rings. The summed E-state index contributed by atoms with van der Waals surface area (Å²) in [5.74, 6) is 2.59. The third kappa shape index (κ3) is 3.21. The van der Waals surface area contributed by atoms with Crippen LogP contribution >= 0.6 is 0 Å². The van der Waals surface area contributed by atoms with Gasteiger partial charge in [-0.15, -0.1) is 6.42 Å². The Balaban J connectivity index is 2.26. The highest BCUT2D eigenvalue weighted by atomic mass is 32.2. The van der Waals surface area contributed by atoms with Crippen LogP contribution in [0.25, 0.3) is 0 Å². The number of benzene rings is 1. The number of piperazine rings is 1. The Morgan fingerprint density at radius 1 is 1.24 bits per heavy atom. The number of sulfonamides is 1. The van der Waals surface area contributed by atoms with Gasteiger partial charge in [0.25, 0.3) is 0 Å². The molecule has 1 aliphatic rings. The molecule has 114 valence electrons. The van der Waals surface area contributed by atoms with Gasteiger partial charge in [-0.05, 0) is 37.1 Å². The molecule has 0 bridgehead atoms. The first kappa shape index (κ1) is 15.8. The number of hydrogen-bond donors (Lipinski definition) is 1. The van der Waals surface area contributed by atoms with E-state index in [0.29, 0.717) is 43.3 Å². The van der Waals surface area contributed by atoms with Crippen LogP contribution in [0.4, 0.5) is 5.69 Å². The fourth-order valence-electron chi connectivity index (χ4n) is 2.52. The van der Waals surface area contributed by atoms with Gasteiger partial charge < -0.3 is 5.73 Å². The predicted molar refractivity (Wildman–Crippen MR) is 84.4 cm³/mol. The van der Waals surface area contributed by atoms with Crippen LogP contribution < -0.4 is 5.73 Å². The van der Waals surface area contributed by atoms with Crippen molar-refractivity contribution in [1.82, 2.24) is 9.21 Å². The molecule has 1 aromatic rings. The molecule has 0 amide bonds. The molecule has 1 aliphatic heterocycles. The van der Waals surface area contributed by atoms with E-state index < -0.39 is 10.0 Å². The minimum absolute atomic E-state index is 0.311. The number of nitrogens with two attached hydrogens (primary N) is 1. The van der Waals surface area contributed by atoms with Gasteiger partial charge in [0.15, 0.2) is 0 Å². The van der Waals surface area contributed by atoms with Crippen molar-refractivity contribution in [2.75, 3.05) is 38.5 Å². The second-order valence-corrected chi connectivity index (χ2v) is 7.25. The van der Waals surface area contributed by atoms with Crippen LogP contribution in [0.2, 0.25) is 0 Å². The number of nitrogen functional groups attached to an aromatic ring is 1. The quantitative estimate of drug-likeness (QED) is 0.663. The molecule has 0 radical (unpaired) electrons. The lowest BCUT2D eigenvalue weighted by molar-refractivity contribution is 0.207. The van der Waals surface area contributed by atoms with Crippen LogP contribution in [0.1, 0.15) is 11.1 Å². The number of rotatable bonds is 3. The third-order valence-corrected chi connectivity index (χ3v) is 5.93. The maximum absolute atomic E-state index is 12.8. The fraction of sp³-hybridized carbons (Fsp3) is 0.467. The van der Waals surface area contributed by atoms with Crippen molar-refractivity contribution in [3.63, 3.8) is 0 Å². The zero-order valence-electron chi connectivity index (χ0n) is 12.5. The van der Waals surface area contributed by atoms with E-state index in [2.05, 4.69) is 10.8 Å². The molecular formula is C15H21N3O2S. The second-order valence-electron chi connectivity index (χ2n) is 5.35. The molecule has 1 saturated heterocycles. The summed E-state index contributed by atoms with van der Waals surface area (Å²) >= 11 is 0. The molecule has 0 aliphatic carbocycles. The molecule has 0 unspecified atom stereocenters. The number of hydrogen-bond acceptors (Lipinski definition) is 4. The van der Waals surface area contributed by atoms with Gasteiger partial charge in [0.05, 0.1) is 11.4 Å². The smallest absolute Gasteiger partial charge is 0.243 e. The summed E-state index contributed by atoms with van der Waals surface area (Å²) < 4.78 is 27.1. The van der Waals surface area contributed by atoms with Gasteiger partial charge in [-0.25, -0.2) is 8.42 Å². The Bertz CT molecular complexity index is 669. The van der Waals surface area contributed by atoms with E-state index in [1.807, 2.05) is 13.8 Å². The molecular weight excluding hydrogens is 286 g/mol. The molecule has 1 heterocycles. The monoisotopic (exact) mass is 307 g/mol.